The van der Waals surface area contributed by atoms with Crippen LogP contribution in [-0.4, -0.2) is 24.7 Å². The number of ether oxygens (including phenoxy) is 2. The fourth-order valence-electron chi connectivity index (χ4n) is 4.02. The lowest BCUT2D eigenvalue weighted by atomic mass is 9.80. The molecular formula is C22H30N2O4. The number of benzene rings is 1. The molecule has 4 atom stereocenters. The van der Waals surface area contributed by atoms with Gasteiger partial charge in [-0.25, -0.2) is 9.59 Å². The Balaban J connectivity index is 1.87. The Labute approximate surface area is 166 Å². The molecule has 2 N–H and O–H groups in total. The third-order valence-electron chi connectivity index (χ3n) is 5.84. The van der Waals surface area contributed by atoms with Crippen LogP contribution in [0.5, 0.6) is 5.75 Å². The van der Waals surface area contributed by atoms with Crippen molar-refractivity contribution in [2.75, 3.05) is 6.61 Å². The maximum Gasteiger partial charge on any atom is 0.338 e. The third kappa shape index (κ3) is 4.32. The number of hydrogen-bond acceptors (Lipinski definition) is 4. The van der Waals surface area contributed by atoms with E-state index in [-0.39, 0.29) is 18.1 Å². The van der Waals surface area contributed by atoms with E-state index in [1.807, 2.05) is 31.2 Å². The van der Waals surface area contributed by atoms with Crippen molar-refractivity contribution >= 4 is 12.0 Å². The molecule has 0 unspecified atom stereocenters. The van der Waals surface area contributed by atoms with Crippen molar-refractivity contribution in [1.82, 2.24) is 10.6 Å². The van der Waals surface area contributed by atoms with Crippen molar-refractivity contribution in [3.8, 4) is 5.75 Å². The Bertz CT molecular complexity index is 774. The first-order chi connectivity index (χ1) is 13.4. The van der Waals surface area contributed by atoms with E-state index in [9.17, 15) is 9.59 Å². The molecule has 0 spiro atoms. The summed E-state index contributed by atoms with van der Waals surface area (Å²) in [6.07, 6.45) is 2.73. The molecule has 3 rings (SSSR count). The summed E-state index contributed by atoms with van der Waals surface area (Å²) in [5.74, 6) is 1.45. The second-order valence-corrected chi connectivity index (χ2v) is 7.84. The van der Waals surface area contributed by atoms with Crippen LogP contribution in [0.25, 0.3) is 0 Å². The predicted octanol–water partition coefficient (Wildman–Crippen LogP) is 4.08. The summed E-state index contributed by atoms with van der Waals surface area (Å²) in [6, 6.07) is 6.50. The van der Waals surface area contributed by atoms with Gasteiger partial charge < -0.3 is 20.1 Å². The van der Waals surface area contributed by atoms with Crippen molar-refractivity contribution < 1.29 is 19.1 Å². The molecule has 1 heterocycles. The van der Waals surface area contributed by atoms with Crippen molar-refractivity contribution in [1.29, 1.82) is 0 Å². The first-order valence-corrected chi connectivity index (χ1v) is 10.1. The quantitative estimate of drug-likeness (QED) is 0.748. The second-order valence-electron chi connectivity index (χ2n) is 7.84. The van der Waals surface area contributed by atoms with Gasteiger partial charge in [0.15, 0.2) is 0 Å². The summed E-state index contributed by atoms with van der Waals surface area (Å²) in [4.78, 5) is 25.2. The molecule has 28 heavy (non-hydrogen) atoms. The fraction of sp³-hybridized carbons (Fsp3) is 0.545. The number of urea groups is 1. The van der Waals surface area contributed by atoms with Gasteiger partial charge in [-0.1, -0.05) is 32.0 Å². The van der Waals surface area contributed by atoms with Crippen LogP contribution in [0.2, 0.25) is 0 Å². The molecule has 1 fully saturated rings. The highest BCUT2D eigenvalue weighted by Gasteiger charge is 2.36. The van der Waals surface area contributed by atoms with Crippen molar-refractivity contribution in [3.05, 3.63) is 41.1 Å². The van der Waals surface area contributed by atoms with Crippen LogP contribution in [0.1, 0.15) is 58.6 Å². The van der Waals surface area contributed by atoms with E-state index in [0.717, 1.165) is 24.8 Å². The predicted molar refractivity (Wildman–Crippen MR) is 107 cm³/mol. The van der Waals surface area contributed by atoms with Gasteiger partial charge in [0.1, 0.15) is 11.9 Å². The molecule has 1 saturated carbocycles. The Morgan fingerprint density at radius 3 is 2.64 bits per heavy atom. The minimum Gasteiger partial charge on any atom is -0.494 e. The van der Waals surface area contributed by atoms with Crippen LogP contribution in [0.15, 0.2) is 35.5 Å². The molecule has 1 aromatic carbocycles. The Hall–Kier alpha value is -2.50. The zero-order valence-corrected chi connectivity index (χ0v) is 17.1. The summed E-state index contributed by atoms with van der Waals surface area (Å²) in [5, 5.41) is 5.56. The normalized spacial score (nSPS) is 27.6. The van der Waals surface area contributed by atoms with Crippen molar-refractivity contribution in [3.63, 3.8) is 0 Å². The molecule has 2 amide bonds. The second kappa shape index (κ2) is 8.67. The van der Waals surface area contributed by atoms with Crippen LogP contribution >= 0.6 is 0 Å². The Kier molecular flexibility index (Phi) is 6.27. The first-order valence-electron chi connectivity index (χ1n) is 10.1. The lowest BCUT2D eigenvalue weighted by Crippen LogP contribution is -2.46. The summed E-state index contributed by atoms with van der Waals surface area (Å²) in [5.41, 5.74) is 1.69. The van der Waals surface area contributed by atoms with Crippen LogP contribution in [0, 0.1) is 11.8 Å². The first kappa shape index (κ1) is 20.2. The molecule has 0 bridgehead atoms. The minimum atomic E-state index is -0.607. The largest absolute Gasteiger partial charge is 0.494 e. The highest BCUT2D eigenvalue weighted by atomic mass is 16.5. The van der Waals surface area contributed by atoms with Crippen LogP contribution < -0.4 is 15.4 Å². The van der Waals surface area contributed by atoms with Crippen molar-refractivity contribution in [2.45, 2.75) is 59.1 Å². The number of carbonyl (C=O) groups excluding carboxylic acids is 2. The molecule has 0 radical (unpaired) electrons. The number of esters is 1. The van der Waals surface area contributed by atoms with Crippen LogP contribution in [0.3, 0.4) is 0 Å². The van der Waals surface area contributed by atoms with Crippen LogP contribution in [0.4, 0.5) is 4.79 Å². The summed E-state index contributed by atoms with van der Waals surface area (Å²) < 4.78 is 11.6. The molecule has 0 aromatic heterocycles. The molecule has 1 aliphatic heterocycles. The lowest BCUT2D eigenvalue weighted by molar-refractivity contribution is -0.147. The number of amides is 2. The Morgan fingerprint density at radius 1 is 1.18 bits per heavy atom. The number of rotatable bonds is 5. The molecule has 1 aromatic rings. The molecule has 152 valence electrons. The standard InChI is InChI=1S/C22H30N2O4/c1-5-27-18-9-7-6-8-17(18)20-19(15(4)23-22(26)24-20)21(25)28-16-11-10-13(2)14(3)12-16/h6-9,13-14,16,20H,5,10-12H2,1-4H3,(H2,23,24,26)/t13-,14+,16-,20+/m0/s1. The molecule has 0 saturated heterocycles. The van der Waals surface area contributed by atoms with E-state index in [2.05, 4.69) is 24.5 Å². The average Bonchev–Trinajstić information content (AvgIpc) is 2.64. The van der Waals surface area contributed by atoms with Gasteiger partial charge in [0.25, 0.3) is 0 Å². The van der Waals surface area contributed by atoms with E-state index in [0.29, 0.717) is 35.5 Å². The van der Waals surface area contributed by atoms with E-state index >= 15 is 0 Å². The van der Waals surface area contributed by atoms with Gasteiger partial charge in [-0.05, 0) is 51.0 Å². The average molecular weight is 386 g/mol. The van der Waals surface area contributed by atoms with Gasteiger partial charge in [-0.15, -0.1) is 0 Å². The van der Waals surface area contributed by atoms with Gasteiger partial charge in [0.05, 0.1) is 18.2 Å². The highest BCUT2D eigenvalue weighted by Crippen LogP contribution is 2.35. The van der Waals surface area contributed by atoms with E-state index in [4.69, 9.17) is 9.47 Å². The maximum atomic E-state index is 13.1. The molecular weight excluding hydrogens is 356 g/mol. The van der Waals surface area contributed by atoms with E-state index in [1.54, 1.807) is 6.92 Å². The molecule has 6 nitrogen and oxygen atoms in total. The zero-order valence-electron chi connectivity index (χ0n) is 17.1. The third-order valence-corrected chi connectivity index (χ3v) is 5.84. The van der Waals surface area contributed by atoms with Crippen molar-refractivity contribution in [2.24, 2.45) is 11.8 Å². The van der Waals surface area contributed by atoms with E-state index < -0.39 is 6.04 Å². The number of hydrogen-bond donors (Lipinski definition) is 2. The number of nitrogens with one attached hydrogen (secondary N) is 2. The minimum absolute atomic E-state index is 0.0839. The topological polar surface area (TPSA) is 76.7 Å². The van der Waals surface area contributed by atoms with Gasteiger partial charge in [-0.2, -0.15) is 0 Å². The van der Waals surface area contributed by atoms with Crippen LogP contribution in [-0.2, 0) is 9.53 Å². The monoisotopic (exact) mass is 386 g/mol. The number of para-hydroxylation sites is 1. The molecule has 1 aliphatic carbocycles. The van der Waals surface area contributed by atoms with Gasteiger partial charge >= 0.3 is 12.0 Å². The molecule has 6 heteroatoms. The Morgan fingerprint density at radius 2 is 1.93 bits per heavy atom. The fourth-order valence-corrected chi connectivity index (χ4v) is 4.02. The summed E-state index contributed by atoms with van der Waals surface area (Å²) in [7, 11) is 0. The van der Waals surface area contributed by atoms with E-state index in [1.165, 1.54) is 0 Å². The highest BCUT2D eigenvalue weighted by molar-refractivity contribution is 5.95. The number of allylic oxidation sites excluding steroid dienone is 1. The van der Waals surface area contributed by atoms with Gasteiger partial charge in [0.2, 0.25) is 0 Å². The zero-order chi connectivity index (χ0) is 20.3. The molecule has 2 aliphatic rings. The SMILES string of the molecule is CCOc1ccccc1[C@H]1NC(=O)NC(C)=C1C(=O)O[C@H]1CC[C@H](C)[C@H](C)C1. The number of carbonyl (C=O) groups is 2. The van der Waals surface area contributed by atoms with Gasteiger partial charge in [0, 0.05) is 11.3 Å². The smallest absolute Gasteiger partial charge is 0.338 e. The summed E-state index contributed by atoms with van der Waals surface area (Å²) >= 11 is 0. The maximum absolute atomic E-state index is 13.1. The lowest BCUT2D eigenvalue weighted by Gasteiger charge is -2.34. The summed E-state index contributed by atoms with van der Waals surface area (Å²) in [6.45, 7) is 8.59. The van der Waals surface area contributed by atoms with Gasteiger partial charge in [-0.3, -0.25) is 0 Å².